The van der Waals surface area contributed by atoms with E-state index in [0.29, 0.717) is 38.1 Å². The first-order valence-corrected chi connectivity index (χ1v) is 21.7. The highest BCUT2D eigenvalue weighted by Gasteiger charge is 2.25. The topological polar surface area (TPSA) is 53.5 Å². The zero-order valence-corrected chi connectivity index (χ0v) is 34.4. The van der Waals surface area contributed by atoms with Gasteiger partial charge < -0.3 is 4.57 Å². The van der Waals surface area contributed by atoms with E-state index in [1.165, 1.54) is 4.70 Å². The van der Waals surface area contributed by atoms with Gasteiger partial charge in [-0.05, 0) is 71.7 Å². The molecule has 14 aromatic rings. The van der Waals surface area contributed by atoms with Crippen molar-refractivity contribution in [3.05, 3.63) is 206 Å². The third-order valence-corrected chi connectivity index (χ3v) is 13.5. The largest absolute Gasteiger partial charge is 0.308 e. The molecule has 6 nitrogen and oxygen atoms in total. The van der Waals surface area contributed by atoms with Crippen LogP contribution in [-0.4, -0.2) is 28.7 Å². The van der Waals surface area contributed by atoms with Gasteiger partial charge in [-0.3, -0.25) is 9.13 Å². The monoisotopic (exact) mass is 842 g/mol. The van der Waals surface area contributed by atoms with Gasteiger partial charge in [-0.1, -0.05) is 145 Å². The summed E-state index contributed by atoms with van der Waals surface area (Å²) in [6.45, 7) is 0. The van der Waals surface area contributed by atoms with E-state index in [-0.39, 0.29) is 65.0 Å². The minimum atomic E-state index is -0.417. The lowest BCUT2D eigenvalue weighted by atomic mass is 9.96. The molecule has 9 aromatic carbocycles. The number of benzene rings is 9. The molecular weight excluding hydrogens is 801 g/mol. The molecule has 0 spiro atoms. The summed E-state index contributed by atoms with van der Waals surface area (Å²) in [5, 5.41) is 6.06. The average Bonchev–Trinajstić information content (AvgIpc) is 4.17. The number of rotatable bonds is 5. The predicted molar refractivity (Wildman–Crippen MR) is 267 cm³/mol. The maximum atomic E-state index is 9.43. The Bertz CT molecular complexity index is 4500. The zero-order chi connectivity index (χ0) is 48.8. The van der Waals surface area contributed by atoms with Gasteiger partial charge in [0, 0.05) is 52.5 Å². The normalized spacial score (nSPS) is 13.8. The summed E-state index contributed by atoms with van der Waals surface area (Å²) < 4.78 is 80.4. The van der Waals surface area contributed by atoms with Crippen LogP contribution in [0, 0.1) is 0 Å². The lowest BCUT2D eigenvalue weighted by molar-refractivity contribution is 0.892. The van der Waals surface area contributed by atoms with Crippen molar-refractivity contribution in [2.75, 3.05) is 0 Å². The van der Waals surface area contributed by atoms with Crippen LogP contribution < -0.4 is 0 Å². The van der Waals surface area contributed by atoms with Crippen LogP contribution in [0.5, 0.6) is 0 Å². The Hall–Kier alpha value is -8.39. The summed E-state index contributed by atoms with van der Waals surface area (Å²) in [6.07, 6.45) is 0. The number of nitrogens with zero attached hydrogens (tertiary/aromatic N) is 6. The molecule has 298 valence electrons. The Morgan fingerprint density at radius 3 is 1.45 bits per heavy atom. The quantitative estimate of drug-likeness (QED) is 0.173. The Balaban J connectivity index is 1.19. The summed E-state index contributed by atoms with van der Waals surface area (Å²) >= 11 is 1.73. The molecule has 0 saturated heterocycles. The number of aromatic nitrogens is 6. The molecular formula is C57H34N6S. The Labute approximate surface area is 381 Å². The molecule has 0 aliphatic carbocycles. The van der Waals surface area contributed by atoms with Crippen molar-refractivity contribution < 1.29 is 11.0 Å². The van der Waals surface area contributed by atoms with Crippen LogP contribution in [0.3, 0.4) is 0 Å². The highest BCUT2D eigenvalue weighted by atomic mass is 32.1. The van der Waals surface area contributed by atoms with E-state index in [2.05, 4.69) is 65.2 Å². The van der Waals surface area contributed by atoms with Crippen molar-refractivity contribution >= 4 is 96.9 Å². The van der Waals surface area contributed by atoms with Crippen LogP contribution >= 0.6 is 11.3 Å². The molecule has 0 radical (unpaired) electrons. The van der Waals surface area contributed by atoms with Crippen LogP contribution in [0.25, 0.3) is 126 Å². The predicted octanol–water partition coefficient (Wildman–Crippen LogP) is 14.9. The maximum Gasteiger partial charge on any atom is 0.240 e. The molecule has 0 aliphatic rings. The Morgan fingerprint density at radius 2 is 0.859 bits per heavy atom. The lowest BCUT2D eigenvalue weighted by Gasteiger charge is -2.19. The van der Waals surface area contributed by atoms with Gasteiger partial charge in [0.25, 0.3) is 0 Å². The fraction of sp³-hybridized carbons (Fsp3) is 0. The van der Waals surface area contributed by atoms with E-state index >= 15 is 0 Å². The van der Waals surface area contributed by atoms with Crippen molar-refractivity contribution in [2.45, 2.75) is 0 Å². The standard InChI is InChI=1S/C57H34N6S/c1-8-24-45-37(16-1)38-17-2-9-25-46(38)61(45)51-30-15-23-36(35-32-33-53-44(34-35)43-22-7-14-31-52(43)64-53)54(51)55-58-56(62-47-26-10-3-18-39(47)40-19-4-11-27-48(40)62)60-57(59-55)63-49-28-12-5-20-41(49)42-21-6-13-29-50(42)63/h1-34H/i3D,5D,10D,12D,18D,20D,26D,28D. The van der Waals surface area contributed by atoms with E-state index in [1.54, 1.807) is 20.5 Å². The molecule has 0 bridgehead atoms. The first-order chi connectivity index (χ1) is 35.1. The number of fused-ring (bicyclic) bond motifs is 12. The van der Waals surface area contributed by atoms with Gasteiger partial charge in [0.1, 0.15) is 0 Å². The van der Waals surface area contributed by atoms with Gasteiger partial charge in [-0.25, -0.2) is 0 Å². The molecule has 0 saturated carbocycles. The molecule has 5 heterocycles. The van der Waals surface area contributed by atoms with E-state index in [1.807, 2.05) is 97.1 Å². The molecule has 0 aliphatic heterocycles. The van der Waals surface area contributed by atoms with Crippen molar-refractivity contribution in [3.63, 3.8) is 0 Å². The summed E-state index contributed by atoms with van der Waals surface area (Å²) in [7, 11) is 0. The van der Waals surface area contributed by atoms with Gasteiger partial charge in [0.05, 0.1) is 55.3 Å². The highest BCUT2D eigenvalue weighted by Crippen LogP contribution is 2.44. The molecule has 0 fully saturated rings. The highest BCUT2D eigenvalue weighted by molar-refractivity contribution is 7.25. The van der Waals surface area contributed by atoms with Gasteiger partial charge in [-0.2, -0.15) is 15.0 Å². The maximum absolute atomic E-state index is 9.43. The molecule has 5 aromatic heterocycles. The smallest absolute Gasteiger partial charge is 0.240 e. The van der Waals surface area contributed by atoms with E-state index in [9.17, 15) is 5.48 Å². The minimum Gasteiger partial charge on any atom is -0.308 e. The summed E-state index contributed by atoms with van der Waals surface area (Å²) in [4.78, 5) is 16.1. The molecule has 0 N–H and O–H groups in total. The minimum absolute atomic E-state index is 0.0280. The van der Waals surface area contributed by atoms with Crippen molar-refractivity contribution in [1.82, 2.24) is 28.7 Å². The third kappa shape index (κ3) is 5.04. The van der Waals surface area contributed by atoms with Crippen LogP contribution in [0.1, 0.15) is 11.0 Å². The van der Waals surface area contributed by atoms with Crippen molar-refractivity contribution in [3.8, 4) is 40.1 Å². The van der Waals surface area contributed by atoms with Crippen LogP contribution in [0.15, 0.2) is 206 Å². The Morgan fingerprint density at radius 1 is 0.375 bits per heavy atom. The summed E-state index contributed by atoms with van der Waals surface area (Å²) in [6, 6.07) is 49.6. The lowest BCUT2D eigenvalue weighted by Crippen LogP contribution is -2.11. The van der Waals surface area contributed by atoms with Crippen LogP contribution in [-0.2, 0) is 0 Å². The third-order valence-electron chi connectivity index (χ3n) is 12.4. The molecule has 0 atom stereocenters. The van der Waals surface area contributed by atoms with Crippen molar-refractivity contribution in [1.29, 1.82) is 0 Å². The van der Waals surface area contributed by atoms with Gasteiger partial charge in [0.2, 0.25) is 11.9 Å². The van der Waals surface area contributed by atoms with E-state index in [0.717, 1.165) is 54.1 Å². The molecule has 7 heteroatoms. The summed E-state index contributed by atoms with van der Waals surface area (Å²) in [5.74, 6) is 0.261. The second-order valence-corrected chi connectivity index (χ2v) is 16.9. The first kappa shape index (κ1) is 28.3. The molecule has 14 rings (SSSR count). The fourth-order valence-electron chi connectivity index (χ4n) is 9.70. The van der Waals surface area contributed by atoms with Crippen LogP contribution in [0.4, 0.5) is 0 Å². The van der Waals surface area contributed by atoms with Gasteiger partial charge in [0.15, 0.2) is 5.82 Å². The molecule has 0 amide bonds. The second kappa shape index (κ2) is 13.6. The average molecular weight is 843 g/mol. The Kier molecular flexibility index (Phi) is 5.98. The van der Waals surface area contributed by atoms with Crippen molar-refractivity contribution in [2.24, 2.45) is 0 Å². The zero-order valence-electron chi connectivity index (χ0n) is 41.6. The molecule has 0 unspecified atom stereocenters. The number of hydrogen-bond donors (Lipinski definition) is 0. The number of para-hydroxylation sites is 6. The number of thiophene rings is 1. The van der Waals surface area contributed by atoms with Gasteiger partial charge in [-0.15, -0.1) is 11.3 Å². The van der Waals surface area contributed by atoms with E-state index in [4.69, 9.17) is 20.4 Å². The molecule has 64 heavy (non-hydrogen) atoms. The van der Waals surface area contributed by atoms with Crippen LogP contribution in [0.2, 0.25) is 0 Å². The number of hydrogen-bond acceptors (Lipinski definition) is 4. The SMILES string of the molecule is [2H]c1c([2H])c([2H])c2c(c1[2H])c1ccccc1n2-c1nc(-c2c(-c3ccc4sc5ccccc5c4c3)cccc2-n2c3ccccc3c3ccccc32)nc(-n2c3ccccc3c3c([2H])c([2H])c([2H])c([2H])c32)n1. The van der Waals surface area contributed by atoms with E-state index < -0.39 is 12.1 Å². The fourth-order valence-corrected chi connectivity index (χ4v) is 10.8. The second-order valence-electron chi connectivity index (χ2n) is 15.8. The first-order valence-electron chi connectivity index (χ1n) is 24.9. The summed E-state index contributed by atoms with van der Waals surface area (Å²) in [5.41, 5.74) is 6.34. The van der Waals surface area contributed by atoms with Gasteiger partial charge >= 0.3 is 0 Å².